The maximum Gasteiger partial charge on any atom is 0.319 e. The highest BCUT2D eigenvalue weighted by Gasteiger charge is 2.12. The lowest BCUT2D eigenvalue weighted by Crippen LogP contribution is -2.32. The minimum absolute atomic E-state index is 0.171. The summed E-state index contributed by atoms with van der Waals surface area (Å²) in [4.78, 5) is 11.8. The summed E-state index contributed by atoms with van der Waals surface area (Å²) in [5, 5.41) is 5.01. The first-order chi connectivity index (χ1) is 10.6. The van der Waals surface area contributed by atoms with Gasteiger partial charge >= 0.3 is 6.03 Å². The summed E-state index contributed by atoms with van der Waals surface area (Å²) in [6, 6.07) is 12.2. The van der Waals surface area contributed by atoms with E-state index in [-0.39, 0.29) is 11.6 Å². The average molecular weight is 304 g/mol. The predicted molar refractivity (Wildman–Crippen MR) is 82.9 cm³/mol. The molecule has 2 aromatic rings. The van der Waals surface area contributed by atoms with Crippen LogP contribution in [0.25, 0.3) is 0 Å². The largest absolute Gasteiger partial charge is 0.337 e. The average Bonchev–Trinajstić information content (AvgIpc) is 2.52. The van der Waals surface area contributed by atoms with Crippen molar-refractivity contribution in [1.82, 2.24) is 5.32 Å². The van der Waals surface area contributed by atoms with E-state index < -0.39 is 17.7 Å². The van der Waals surface area contributed by atoms with Crippen LogP contribution in [0.5, 0.6) is 0 Å². The molecule has 2 rings (SSSR count). The molecule has 0 aliphatic carbocycles. The van der Waals surface area contributed by atoms with Crippen molar-refractivity contribution >= 4 is 11.7 Å². The molecule has 1 unspecified atom stereocenters. The molecule has 0 fully saturated rings. The topological polar surface area (TPSA) is 41.1 Å². The molecular weight excluding hydrogens is 286 g/mol. The van der Waals surface area contributed by atoms with Gasteiger partial charge in [0.05, 0.1) is 5.69 Å². The Hall–Kier alpha value is -2.43. The molecule has 0 spiro atoms. The van der Waals surface area contributed by atoms with Gasteiger partial charge in [0.2, 0.25) is 0 Å². The monoisotopic (exact) mass is 304 g/mol. The molecule has 5 heteroatoms. The maximum atomic E-state index is 13.5. The third-order valence-corrected chi connectivity index (χ3v) is 3.45. The van der Waals surface area contributed by atoms with Gasteiger partial charge in [-0.05, 0) is 24.1 Å². The summed E-state index contributed by atoms with van der Waals surface area (Å²) in [5.41, 5.74) is 0.951. The molecule has 22 heavy (non-hydrogen) atoms. The normalized spacial score (nSPS) is 11.8. The van der Waals surface area contributed by atoms with E-state index in [0.29, 0.717) is 6.54 Å². The lowest BCUT2D eigenvalue weighted by atomic mass is 9.97. The van der Waals surface area contributed by atoms with Crippen LogP contribution in [0.3, 0.4) is 0 Å². The number of hydrogen-bond acceptors (Lipinski definition) is 1. The number of halogens is 2. The molecule has 116 valence electrons. The zero-order chi connectivity index (χ0) is 15.9. The van der Waals surface area contributed by atoms with Crippen molar-refractivity contribution in [3.05, 3.63) is 65.7 Å². The standard InChI is InChI=1S/C17H18F2N2O/c1-2-12(13-6-4-3-5-7-13)11-20-17(22)21-16-10-14(18)8-9-15(16)19/h3-10,12H,2,11H2,1H3,(H2,20,21,22). The Morgan fingerprint density at radius 2 is 1.86 bits per heavy atom. The molecule has 0 bridgehead atoms. The quantitative estimate of drug-likeness (QED) is 0.850. The second-order valence-electron chi connectivity index (χ2n) is 4.98. The second kappa shape index (κ2) is 7.54. The Balaban J connectivity index is 1.93. The SMILES string of the molecule is CCC(CNC(=O)Nc1cc(F)ccc1F)c1ccccc1. The Labute approximate surface area is 128 Å². The zero-order valence-corrected chi connectivity index (χ0v) is 12.3. The number of anilines is 1. The number of amides is 2. The van der Waals surface area contributed by atoms with E-state index in [0.717, 1.165) is 30.2 Å². The number of nitrogens with one attached hydrogen (secondary N) is 2. The molecule has 0 aliphatic rings. The van der Waals surface area contributed by atoms with Crippen LogP contribution in [0.15, 0.2) is 48.5 Å². The van der Waals surface area contributed by atoms with Gasteiger partial charge in [-0.15, -0.1) is 0 Å². The summed E-state index contributed by atoms with van der Waals surface area (Å²) in [6.45, 7) is 2.45. The second-order valence-corrected chi connectivity index (χ2v) is 4.98. The Morgan fingerprint density at radius 1 is 1.14 bits per heavy atom. The van der Waals surface area contributed by atoms with Crippen molar-refractivity contribution in [2.24, 2.45) is 0 Å². The third kappa shape index (κ3) is 4.28. The number of carbonyl (C=O) groups is 1. The molecule has 0 heterocycles. The van der Waals surface area contributed by atoms with E-state index >= 15 is 0 Å². The summed E-state index contributed by atoms with van der Waals surface area (Å²) < 4.78 is 26.5. The molecule has 1 atom stereocenters. The first-order valence-corrected chi connectivity index (χ1v) is 7.15. The van der Waals surface area contributed by atoms with Crippen LogP contribution < -0.4 is 10.6 Å². The summed E-state index contributed by atoms with van der Waals surface area (Å²) in [7, 11) is 0. The minimum atomic E-state index is -0.674. The van der Waals surface area contributed by atoms with E-state index in [2.05, 4.69) is 10.6 Å². The van der Waals surface area contributed by atoms with Crippen LogP contribution in [-0.4, -0.2) is 12.6 Å². The van der Waals surface area contributed by atoms with E-state index in [1.165, 1.54) is 0 Å². The van der Waals surface area contributed by atoms with Crippen LogP contribution in [0.4, 0.5) is 19.3 Å². The first-order valence-electron chi connectivity index (χ1n) is 7.15. The summed E-state index contributed by atoms with van der Waals surface area (Å²) in [6.07, 6.45) is 0.860. The fraction of sp³-hybridized carbons (Fsp3) is 0.235. The number of rotatable bonds is 5. The van der Waals surface area contributed by atoms with Crippen molar-refractivity contribution in [1.29, 1.82) is 0 Å². The van der Waals surface area contributed by atoms with E-state index in [4.69, 9.17) is 0 Å². The van der Waals surface area contributed by atoms with Crippen LogP contribution in [0, 0.1) is 11.6 Å². The molecule has 0 saturated heterocycles. The van der Waals surface area contributed by atoms with Gasteiger partial charge < -0.3 is 10.6 Å². The smallest absolute Gasteiger partial charge is 0.319 e. The number of urea groups is 1. The van der Waals surface area contributed by atoms with Crippen molar-refractivity contribution in [3.63, 3.8) is 0 Å². The molecule has 2 N–H and O–H groups in total. The van der Waals surface area contributed by atoms with Crippen molar-refractivity contribution in [2.75, 3.05) is 11.9 Å². The molecule has 0 aromatic heterocycles. The molecule has 2 amide bonds. The van der Waals surface area contributed by atoms with E-state index in [1.54, 1.807) is 0 Å². The van der Waals surface area contributed by atoms with Crippen LogP contribution in [-0.2, 0) is 0 Å². The van der Waals surface area contributed by atoms with E-state index in [1.807, 2.05) is 37.3 Å². The first kappa shape index (κ1) is 15.9. The Bertz CT molecular complexity index is 632. The van der Waals surface area contributed by atoms with Gasteiger partial charge in [-0.25, -0.2) is 13.6 Å². The highest BCUT2D eigenvalue weighted by molar-refractivity contribution is 5.89. The van der Waals surface area contributed by atoms with Crippen LogP contribution in [0.1, 0.15) is 24.8 Å². The molecule has 0 saturated carbocycles. The van der Waals surface area contributed by atoms with Crippen molar-refractivity contribution < 1.29 is 13.6 Å². The molecular formula is C17H18F2N2O. The molecule has 0 radical (unpaired) electrons. The van der Waals surface area contributed by atoms with E-state index in [9.17, 15) is 13.6 Å². The van der Waals surface area contributed by atoms with Crippen molar-refractivity contribution in [2.45, 2.75) is 19.3 Å². The highest BCUT2D eigenvalue weighted by atomic mass is 19.1. The van der Waals surface area contributed by atoms with Crippen LogP contribution >= 0.6 is 0 Å². The molecule has 0 aliphatic heterocycles. The Morgan fingerprint density at radius 3 is 2.55 bits per heavy atom. The lowest BCUT2D eigenvalue weighted by molar-refractivity contribution is 0.251. The van der Waals surface area contributed by atoms with Gasteiger partial charge in [0.1, 0.15) is 11.6 Å². The fourth-order valence-corrected chi connectivity index (χ4v) is 2.20. The zero-order valence-electron chi connectivity index (χ0n) is 12.3. The number of benzene rings is 2. The predicted octanol–water partition coefficient (Wildman–Crippen LogP) is 4.28. The van der Waals surface area contributed by atoms with Crippen LogP contribution in [0.2, 0.25) is 0 Å². The van der Waals surface area contributed by atoms with Gasteiger partial charge in [0.25, 0.3) is 0 Å². The summed E-state index contributed by atoms with van der Waals surface area (Å²) >= 11 is 0. The minimum Gasteiger partial charge on any atom is -0.337 e. The highest BCUT2D eigenvalue weighted by Crippen LogP contribution is 2.18. The van der Waals surface area contributed by atoms with Gasteiger partial charge in [-0.3, -0.25) is 0 Å². The number of hydrogen-bond donors (Lipinski definition) is 2. The van der Waals surface area contributed by atoms with Gasteiger partial charge in [-0.1, -0.05) is 37.3 Å². The lowest BCUT2D eigenvalue weighted by Gasteiger charge is -2.16. The Kier molecular flexibility index (Phi) is 5.47. The third-order valence-electron chi connectivity index (χ3n) is 3.45. The van der Waals surface area contributed by atoms with Gasteiger partial charge in [0, 0.05) is 18.5 Å². The van der Waals surface area contributed by atoms with Gasteiger partial charge in [-0.2, -0.15) is 0 Å². The molecule has 2 aromatic carbocycles. The number of carbonyl (C=O) groups excluding carboxylic acids is 1. The van der Waals surface area contributed by atoms with Crippen molar-refractivity contribution in [3.8, 4) is 0 Å². The maximum absolute atomic E-state index is 13.5. The molecule has 3 nitrogen and oxygen atoms in total. The fourth-order valence-electron chi connectivity index (χ4n) is 2.20. The van der Waals surface area contributed by atoms with Gasteiger partial charge in [0.15, 0.2) is 0 Å². The summed E-state index contributed by atoms with van der Waals surface area (Å²) in [5.74, 6) is -1.11.